The van der Waals surface area contributed by atoms with Crippen LogP contribution in [0.5, 0.6) is 0 Å². The number of carboxylic acids is 1. The van der Waals surface area contributed by atoms with Crippen molar-refractivity contribution in [3.8, 4) is 0 Å². The third-order valence-corrected chi connectivity index (χ3v) is 7.78. The monoisotopic (exact) mass is 565 g/mol. The van der Waals surface area contributed by atoms with E-state index in [1.54, 1.807) is 5.69 Å². The topological polar surface area (TPSA) is 44.0 Å². The molecule has 0 atom stereocenters. The van der Waals surface area contributed by atoms with Crippen LogP contribution in [0.2, 0.25) is 0 Å². The van der Waals surface area contributed by atoms with Gasteiger partial charge in [0.15, 0.2) is 11.4 Å². The van der Waals surface area contributed by atoms with Gasteiger partial charge < -0.3 is 9.90 Å². The number of alkyl halides is 3. The molecule has 0 saturated carbocycles. The van der Waals surface area contributed by atoms with Crippen LogP contribution >= 0.6 is 0 Å². The van der Waals surface area contributed by atoms with Crippen molar-refractivity contribution in [3.05, 3.63) is 40.2 Å². The van der Waals surface area contributed by atoms with Gasteiger partial charge in [0.25, 0.3) is 0 Å². The van der Waals surface area contributed by atoms with Crippen LogP contribution in [0.1, 0.15) is 151 Å². The molecule has 1 aromatic rings. The van der Waals surface area contributed by atoms with E-state index in [9.17, 15) is 13.2 Å². The standard InChI is InChI=1S/C32H54N.C2HF3O2/c1-5-7-9-11-13-15-17-20-24-30-28(3)31(25-21-18-16-14-12-10-8-6-2)32-26-22-19-23-27-33(32)29(30)4;3-2(4,5)1(6)7/h20-21,24-25H,5-19,22-23,26-27H2,1-4H3;(H,6,7)/q+1;/p-1/b24-20+,25-21+;. The van der Waals surface area contributed by atoms with Crippen LogP contribution in [0.25, 0.3) is 12.2 Å². The molecule has 0 saturated heterocycles. The molecule has 0 aromatic carbocycles. The van der Waals surface area contributed by atoms with E-state index in [-0.39, 0.29) is 0 Å². The predicted molar refractivity (Wildman–Crippen MR) is 159 cm³/mol. The number of pyridine rings is 1. The average Bonchev–Trinajstić information content (AvgIpc) is 3.16. The quantitative estimate of drug-likeness (QED) is 0.148. The Balaban J connectivity index is 0.00000101. The molecule has 228 valence electrons. The lowest BCUT2D eigenvalue weighted by Crippen LogP contribution is -2.42. The zero-order valence-corrected chi connectivity index (χ0v) is 25.6. The number of halogens is 3. The number of aromatic nitrogens is 1. The van der Waals surface area contributed by atoms with Gasteiger partial charge in [-0.2, -0.15) is 17.7 Å². The number of nitrogens with zero attached hydrogens (tertiary/aromatic N) is 1. The van der Waals surface area contributed by atoms with Crippen LogP contribution in [0.15, 0.2) is 12.2 Å². The first-order chi connectivity index (χ1) is 19.1. The molecule has 6 heteroatoms. The molecule has 0 spiro atoms. The van der Waals surface area contributed by atoms with Gasteiger partial charge >= 0.3 is 6.18 Å². The molecule has 0 fully saturated rings. The first-order valence-electron chi connectivity index (χ1n) is 15.8. The lowest BCUT2D eigenvalue weighted by atomic mass is 9.95. The van der Waals surface area contributed by atoms with E-state index < -0.39 is 12.1 Å². The van der Waals surface area contributed by atoms with Crippen LogP contribution in [-0.4, -0.2) is 12.1 Å². The third-order valence-electron chi connectivity index (χ3n) is 7.78. The Morgan fingerprint density at radius 3 is 1.75 bits per heavy atom. The molecule has 0 unspecified atom stereocenters. The molecule has 40 heavy (non-hydrogen) atoms. The summed E-state index contributed by atoms with van der Waals surface area (Å²) in [7, 11) is 0. The highest BCUT2D eigenvalue weighted by atomic mass is 19.4. The summed E-state index contributed by atoms with van der Waals surface area (Å²) in [4.78, 5) is 8.78. The molecular formula is C34H54F3NO2. The lowest BCUT2D eigenvalue weighted by molar-refractivity contribution is -0.709. The molecule has 0 radical (unpaired) electrons. The van der Waals surface area contributed by atoms with Crippen LogP contribution in [-0.2, 0) is 17.8 Å². The highest BCUT2D eigenvalue weighted by molar-refractivity contribution is 5.70. The largest absolute Gasteiger partial charge is 0.542 e. The molecule has 0 amide bonds. The van der Waals surface area contributed by atoms with Crippen molar-refractivity contribution in [2.24, 2.45) is 0 Å². The Morgan fingerprint density at radius 1 is 0.775 bits per heavy atom. The minimum atomic E-state index is -5.19. The zero-order valence-electron chi connectivity index (χ0n) is 25.6. The summed E-state index contributed by atoms with van der Waals surface area (Å²) >= 11 is 0. The maximum absolute atomic E-state index is 10.5. The molecular weight excluding hydrogens is 511 g/mol. The van der Waals surface area contributed by atoms with E-state index in [2.05, 4.69) is 56.6 Å². The normalized spacial score (nSPS) is 13.8. The van der Waals surface area contributed by atoms with Crippen molar-refractivity contribution in [2.45, 2.75) is 156 Å². The number of unbranched alkanes of at least 4 members (excludes halogenated alkanes) is 12. The first kappa shape index (κ1) is 35.9. The van der Waals surface area contributed by atoms with E-state index in [0.29, 0.717) is 0 Å². The van der Waals surface area contributed by atoms with Crippen LogP contribution in [0.4, 0.5) is 13.2 Å². The van der Waals surface area contributed by atoms with Gasteiger partial charge in [-0.25, -0.2) is 0 Å². The summed E-state index contributed by atoms with van der Waals surface area (Å²) in [6.07, 6.45) is 28.9. The van der Waals surface area contributed by atoms with E-state index in [0.717, 1.165) is 0 Å². The molecule has 0 aliphatic carbocycles. The van der Waals surface area contributed by atoms with E-state index >= 15 is 0 Å². The molecule has 2 rings (SSSR count). The first-order valence-corrected chi connectivity index (χ1v) is 15.8. The van der Waals surface area contributed by atoms with Gasteiger partial charge in [0.2, 0.25) is 0 Å². The maximum Gasteiger partial charge on any atom is 0.430 e. The molecule has 0 N–H and O–H groups in total. The van der Waals surface area contributed by atoms with Crippen LogP contribution in [0.3, 0.4) is 0 Å². The Labute approximate surface area is 242 Å². The van der Waals surface area contributed by atoms with Gasteiger partial charge in [-0.3, -0.25) is 0 Å². The minimum Gasteiger partial charge on any atom is -0.542 e. The van der Waals surface area contributed by atoms with Gasteiger partial charge in [0.05, 0.1) is 0 Å². The molecule has 1 aromatic heterocycles. The number of carbonyl (C=O) groups excluding carboxylic acids is 1. The number of aliphatic carboxylic acids is 1. The van der Waals surface area contributed by atoms with E-state index in [1.165, 1.54) is 145 Å². The molecule has 1 aliphatic heterocycles. The number of fused-ring (bicyclic) bond motifs is 1. The molecule has 1 aliphatic rings. The fourth-order valence-corrected chi connectivity index (χ4v) is 5.39. The number of carboxylic acid groups (broad SMARTS) is 1. The van der Waals surface area contributed by atoms with Crippen LogP contribution < -0.4 is 9.67 Å². The fraction of sp³-hybridized carbons (Fsp3) is 0.706. The molecule has 2 heterocycles. The second kappa shape index (κ2) is 20.7. The Morgan fingerprint density at radius 2 is 1.25 bits per heavy atom. The number of carbonyl (C=O) groups is 1. The number of hydrogen-bond donors (Lipinski definition) is 0. The Bertz CT molecular complexity index is 919. The van der Waals surface area contributed by atoms with E-state index in [4.69, 9.17) is 9.90 Å². The van der Waals surface area contributed by atoms with Gasteiger partial charge in [0, 0.05) is 30.9 Å². The van der Waals surface area contributed by atoms with Crippen molar-refractivity contribution in [1.82, 2.24) is 0 Å². The van der Waals surface area contributed by atoms with Crippen molar-refractivity contribution in [3.63, 3.8) is 0 Å². The predicted octanol–water partition coefficient (Wildman–Crippen LogP) is 9.14. The fourth-order valence-electron chi connectivity index (χ4n) is 5.39. The summed E-state index contributed by atoms with van der Waals surface area (Å²) in [5.74, 6) is -3.01. The third kappa shape index (κ3) is 14.0. The van der Waals surface area contributed by atoms with Gasteiger partial charge in [-0.15, -0.1) is 0 Å². The van der Waals surface area contributed by atoms with Gasteiger partial charge in [0.1, 0.15) is 12.5 Å². The Kier molecular flexibility index (Phi) is 18.6. The SMILES string of the molecule is CCCCCCCC/C=C/c1c(C)c(/C=C/CCCCCCCC)c2[n+](c1C)CCCCC2.O=C([O-])C(F)(F)F. The smallest absolute Gasteiger partial charge is 0.430 e. The highest BCUT2D eigenvalue weighted by Gasteiger charge is 2.29. The minimum absolute atomic E-state index is 1.19. The number of allylic oxidation sites excluding steroid dienone is 2. The summed E-state index contributed by atoms with van der Waals surface area (Å²) < 4.78 is 34.2. The van der Waals surface area contributed by atoms with Crippen LogP contribution in [0, 0.1) is 13.8 Å². The Hall–Kier alpha value is -2.11. The van der Waals surface area contributed by atoms with Crippen molar-refractivity contribution in [1.29, 1.82) is 0 Å². The number of hydrogen-bond acceptors (Lipinski definition) is 2. The van der Waals surface area contributed by atoms with Gasteiger partial charge in [-0.1, -0.05) is 102 Å². The number of rotatable bonds is 16. The lowest BCUT2D eigenvalue weighted by Gasteiger charge is -2.14. The average molecular weight is 566 g/mol. The summed E-state index contributed by atoms with van der Waals surface area (Å²) in [6.45, 7) is 10.5. The van der Waals surface area contributed by atoms with Crippen molar-refractivity contribution < 1.29 is 27.6 Å². The highest BCUT2D eigenvalue weighted by Crippen LogP contribution is 2.25. The van der Waals surface area contributed by atoms with Crippen molar-refractivity contribution >= 4 is 18.1 Å². The summed E-state index contributed by atoms with van der Waals surface area (Å²) in [6, 6.07) is 0. The maximum atomic E-state index is 10.5. The van der Waals surface area contributed by atoms with Gasteiger partial charge in [-0.05, 0) is 51.0 Å². The second-order valence-electron chi connectivity index (χ2n) is 11.1. The summed E-state index contributed by atoms with van der Waals surface area (Å²) in [5, 5.41) is 8.78. The zero-order chi connectivity index (χ0) is 29.8. The van der Waals surface area contributed by atoms with Crippen molar-refractivity contribution in [2.75, 3.05) is 0 Å². The van der Waals surface area contributed by atoms with E-state index in [1.807, 2.05) is 0 Å². The second-order valence-corrected chi connectivity index (χ2v) is 11.1. The molecule has 3 nitrogen and oxygen atoms in total. The summed E-state index contributed by atoms with van der Waals surface area (Å²) in [5.41, 5.74) is 7.57. The molecule has 0 bridgehead atoms.